The minimum Gasteiger partial charge on any atom is -0.428 e. The van der Waals surface area contributed by atoms with Gasteiger partial charge in [-0.15, -0.1) is 9.24 Å². The second-order valence-corrected chi connectivity index (χ2v) is 7.56. The average Bonchev–Trinajstić information content (AvgIpc) is 2.68. The van der Waals surface area contributed by atoms with Crippen molar-refractivity contribution >= 4 is 14.5 Å². The molecule has 2 atom stereocenters. The number of halogens is 5. The van der Waals surface area contributed by atoms with Gasteiger partial charge in [-0.25, -0.2) is 4.39 Å². The van der Waals surface area contributed by atoms with Gasteiger partial charge < -0.3 is 10.5 Å². The first kappa shape index (κ1) is 22.2. The Kier molecular flexibility index (Phi) is 6.44. The van der Waals surface area contributed by atoms with E-state index >= 15 is 0 Å². The maximum absolute atomic E-state index is 14.3. The van der Waals surface area contributed by atoms with Gasteiger partial charge in [0.05, 0.1) is 5.54 Å². The zero-order chi connectivity index (χ0) is 21.9. The summed E-state index contributed by atoms with van der Waals surface area (Å²) in [6, 6.07) is 18.9. The topological polar surface area (TPSA) is 35.2 Å². The molecule has 2 N–H and O–H groups in total. The lowest BCUT2D eigenvalue weighted by molar-refractivity contribution is -0.253. The molecule has 1 unspecified atom stereocenters. The highest BCUT2D eigenvalue weighted by atomic mass is 31.0. The van der Waals surface area contributed by atoms with Crippen LogP contribution >= 0.6 is 9.24 Å². The molecule has 3 aromatic carbocycles. The molecule has 0 heterocycles. The molecule has 8 heteroatoms. The van der Waals surface area contributed by atoms with Crippen LogP contribution < -0.4 is 15.8 Å². The van der Waals surface area contributed by atoms with E-state index < -0.39 is 29.6 Å². The van der Waals surface area contributed by atoms with Crippen LogP contribution in [-0.2, 0) is 12.0 Å². The van der Waals surface area contributed by atoms with E-state index in [1.54, 1.807) is 24.3 Å². The second kappa shape index (κ2) is 8.70. The molecule has 0 aliphatic heterocycles. The van der Waals surface area contributed by atoms with E-state index in [2.05, 4.69) is 14.0 Å². The number of hydrogen-bond donors (Lipinski definition) is 1. The van der Waals surface area contributed by atoms with Crippen LogP contribution in [0.2, 0.25) is 0 Å². The Morgan fingerprint density at radius 3 is 2.13 bits per heavy atom. The van der Waals surface area contributed by atoms with Crippen molar-refractivity contribution in [1.29, 1.82) is 0 Å². The number of ether oxygens (including phenoxy) is 1. The van der Waals surface area contributed by atoms with Crippen molar-refractivity contribution in [1.82, 2.24) is 0 Å². The summed E-state index contributed by atoms with van der Waals surface area (Å²) < 4.78 is 70.2. The smallest absolute Gasteiger partial charge is 0.428 e. The number of benzene rings is 3. The summed E-state index contributed by atoms with van der Waals surface area (Å²) in [5, 5.41) is 0.889. The van der Waals surface area contributed by atoms with E-state index in [1.807, 2.05) is 30.3 Å². The molecule has 0 aromatic heterocycles. The van der Waals surface area contributed by atoms with Crippen molar-refractivity contribution in [3.8, 4) is 5.75 Å². The largest absolute Gasteiger partial charge is 0.461 e. The molecule has 0 spiro atoms. The second-order valence-electron chi connectivity index (χ2n) is 6.90. The van der Waals surface area contributed by atoms with Gasteiger partial charge in [-0.05, 0) is 40.5 Å². The van der Waals surface area contributed by atoms with E-state index in [1.165, 1.54) is 0 Å². The van der Waals surface area contributed by atoms with Gasteiger partial charge in [-0.1, -0.05) is 54.6 Å². The van der Waals surface area contributed by atoms with Crippen molar-refractivity contribution in [2.24, 2.45) is 5.73 Å². The molecule has 0 radical (unpaired) electrons. The van der Waals surface area contributed by atoms with Crippen LogP contribution in [0, 0.1) is 5.82 Å². The zero-order valence-corrected chi connectivity index (χ0v) is 16.8. The first-order valence-corrected chi connectivity index (χ1v) is 9.53. The standard InChI is InChI=1S/C22H19F5NOP/c23-17-10-16(11-18(12-17)29-22(26,27)20(24)25)21(28,13-14-4-2-1-3-5-14)15-6-8-19(30)9-7-15/h1-12,20H,13,28,30H2/t21-/m1/s1. The van der Waals surface area contributed by atoms with E-state index in [-0.39, 0.29) is 12.0 Å². The Bertz CT molecular complexity index is 998. The normalized spacial score (nSPS) is 13.9. The van der Waals surface area contributed by atoms with Gasteiger partial charge in [0.2, 0.25) is 0 Å². The fourth-order valence-electron chi connectivity index (χ4n) is 3.15. The molecule has 30 heavy (non-hydrogen) atoms. The van der Waals surface area contributed by atoms with Crippen molar-refractivity contribution in [2.45, 2.75) is 24.5 Å². The predicted octanol–water partition coefficient (Wildman–Crippen LogP) is 5.01. The molecule has 0 amide bonds. The van der Waals surface area contributed by atoms with Gasteiger partial charge in [0, 0.05) is 6.07 Å². The Hall–Kier alpha value is -2.50. The molecular weight excluding hydrogens is 420 g/mol. The average molecular weight is 439 g/mol. The summed E-state index contributed by atoms with van der Waals surface area (Å²) in [6.45, 7) is 0. The van der Waals surface area contributed by atoms with Gasteiger partial charge in [0.15, 0.2) is 0 Å². The Labute approximate surface area is 173 Å². The first-order valence-electron chi connectivity index (χ1n) is 8.95. The minimum atomic E-state index is -4.76. The lowest BCUT2D eigenvalue weighted by Crippen LogP contribution is -2.41. The molecular formula is C22H19F5NOP. The van der Waals surface area contributed by atoms with Crippen LogP contribution in [0.15, 0.2) is 72.8 Å². The molecule has 0 aliphatic rings. The highest BCUT2D eigenvalue weighted by Crippen LogP contribution is 2.35. The predicted molar refractivity (Wildman–Crippen MR) is 109 cm³/mol. The van der Waals surface area contributed by atoms with Gasteiger partial charge in [0.1, 0.15) is 11.6 Å². The number of alkyl halides is 4. The SMILES string of the molecule is N[C@](Cc1ccccc1)(c1ccc(P)cc1)c1cc(F)cc(OC(F)(F)C(F)F)c1. The van der Waals surface area contributed by atoms with Crippen molar-refractivity contribution in [3.05, 3.63) is 95.3 Å². The molecule has 3 rings (SSSR count). The van der Waals surface area contributed by atoms with Gasteiger partial charge in [0.25, 0.3) is 0 Å². The summed E-state index contributed by atoms with van der Waals surface area (Å²) in [4.78, 5) is 0. The first-order chi connectivity index (χ1) is 14.1. The van der Waals surface area contributed by atoms with Crippen molar-refractivity contribution in [3.63, 3.8) is 0 Å². The molecule has 2 nitrogen and oxygen atoms in total. The molecule has 0 bridgehead atoms. The van der Waals surface area contributed by atoms with Crippen LogP contribution in [0.25, 0.3) is 0 Å². The molecule has 3 aromatic rings. The van der Waals surface area contributed by atoms with Gasteiger partial charge >= 0.3 is 12.5 Å². The van der Waals surface area contributed by atoms with E-state index in [9.17, 15) is 22.0 Å². The monoisotopic (exact) mass is 439 g/mol. The van der Waals surface area contributed by atoms with Crippen LogP contribution in [0.3, 0.4) is 0 Å². The van der Waals surface area contributed by atoms with Crippen LogP contribution in [-0.4, -0.2) is 12.5 Å². The van der Waals surface area contributed by atoms with Crippen molar-refractivity contribution < 1.29 is 26.7 Å². The summed E-state index contributed by atoms with van der Waals surface area (Å²) in [5.74, 6) is -1.67. The minimum absolute atomic E-state index is 0.114. The van der Waals surface area contributed by atoms with Crippen LogP contribution in [0.4, 0.5) is 22.0 Å². The Morgan fingerprint density at radius 1 is 0.900 bits per heavy atom. The highest BCUT2D eigenvalue weighted by molar-refractivity contribution is 7.27. The maximum Gasteiger partial charge on any atom is 0.461 e. The Morgan fingerprint density at radius 2 is 1.53 bits per heavy atom. The van der Waals surface area contributed by atoms with Crippen molar-refractivity contribution in [2.75, 3.05) is 0 Å². The zero-order valence-electron chi connectivity index (χ0n) is 15.7. The quantitative estimate of drug-likeness (QED) is 0.415. The fourth-order valence-corrected chi connectivity index (χ4v) is 3.34. The fraction of sp³-hybridized carbons (Fsp3) is 0.182. The van der Waals surface area contributed by atoms with Gasteiger partial charge in [-0.2, -0.15) is 17.6 Å². The number of rotatable bonds is 7. The lowest BCUT2D eigenvalue weighted by Gasteiger charge is -2.32. The summed E-state index contributed by atoms with van der Waals surface area (Å²) >= 11 is 0. The van der Waals surface area contributed by atoms with Crippen LogP contribution in [0.1, 0.15) is 16.7 Å². The van der Waals surface area contributed by atoms with E-state index in [4.69, 9.17) is 5.73 Å². The maximum atomic E-state index is 14.3. The molecule has 0 saturated heterocycles. The van der Waals surface area contributed by atoms with Crippen LogP contribution in [0.5, 0.6) is 5.75 Å². The van der Waals surface area contributed by atoms with E-state index in [0.717, 1.165) is 23.0 Å². The molecule has 158 valence electrons. The third-order valence-electron chi connectivity index (χ3n) is 4.65. The number of hydrogen-bond acceptors (Lipinski definition) is 2. The third-order valence-corrected chi connectivity index (χ3v) is 5.03. The molecule has 0 saturated carbocycles. The molecule has 0 fully saturated rings. The summed E-state index contributed by atoms with van der Waals surface area (Å²) in [7, 11) is 2.53. The number of nitrogens with two attached hydrogens (primary N) is 1. The van der Waals surface area contributed by atoms with E-state index in [0.29, 0.717) is 11.6 Å². The lowest BCUT2D eigenvalue weighted by atomic mass is 9.79. The van der Waals surface area contributed by atoms with Gasteiger partial charge in [-0.3, -0.25) is 0 Å². The molecule has 0 aliphatic carbocycles. The summed E-state index contributed by atoms with van der Waals surface area (Å²) in [6.07, 6.45) is -8.62. The third kappa shape index (κ3) is 4.97. The highest BCUT2D eigenvalue weighted by Gasteiger charge is 2.44. The Balaban J connectivity index is 2.10. The summed E-state index contributed by atoms with van der Waals surface area (Å²) in [5.41, 5.74) is 6.91.